The monoisotopic (exact) mass is 405 g/mol. The van der Waals surface area contributed by atoms with Crippen LogP contribution in [0.2, 0.25) is 5.02 Å². The van der Waals surface area contributed by atoms with Gasteiger partial charge in [-0.05, 0) is 73.3 Å². The number of nitrogens with one attached hydrogen (secondary N) is 2. The maximum atomic E-state index is 6.48. The SMILES string of the molecule is C=C(c1cc(-c2cccc(NCc3ccncc3)n2)c(Cl)cn1)C1CCNCC1. The Morgan fingerprint density at radius 3 is 2.76 bits per heavy atom. The van der Waals surface area contributed by atoms with Gasteiger partial charge in [-0.25, -0.2) is 4.98 Å². The van der Waals surface area contributed by atoms with E-state index >= 15 is 0 Å². The molecule has 4 rings (SSSR count). The van der Waals surface area contributed by atoms with Gasteiger partial charge in [0.15, 0.2) is 0 Å². The standard InChI is InChI=1S/C23H24ClN5/c1-16(18-7-11-26-12-8-18)22-13-19(20(24)15-27-22)21-3-2-4-23(29-21)28-14-17-5-9-25-10-6-17/h2-6,9-10,13,15,18,26H,1,7-8,11-12,14H2,(H,28,29). The average molecular weight is 406 g/mol. The Hall–Kier alpha value is -2.76. The molecule has 0 aromatic carbocycles. The second-order valence-electron chi connectivity index (χ2n) is 7.22. The van der Waals surface area contributed by atoms with Crippen LogP contribution < -0.4 is 10.6 Å². The van der Waals surface area contributed by atoms with Crippen LogP contribution in [-0.4, -0.2) is 28.0 Å². The van der Waals surface area contributed by atoms with E-state index in [0.717, 1.165) is 59.8 Å². The lowest BCUT2D eigenvalue weighted by atomic mass is 9.88. The lowest BCUT2D eigenvalue weighted by Crippen LogP contribution is -2.28. The predicted molar refractivity (Wildman–Crippen MR) is 119 cm³/mol. The Morgan fingerprint density at radius 1 is 1.17 bits per heavy atom. The molecule has 148 valence electrons. The number of halogens is 1. The minimum atomic E-state index is 0.457. The number of hydrogen-bond donors (Lipinski definition) is 2. The normalized spacial score (nSPS) is 14.5. The number of rotatable bonds is 6. The van der Waals surface area contributed by atoms with Crippen LogP contribution in [0.1, 0.15) is 24.1 Å². The van der Waals surface area contributed by atoms with E-state index in [1.54, 1.807) is 18.6 Å². The minimum absolute atomic E-state index is 0.457. The van der Waals surface area contributed by atoms with Gasteiger partial charge in [-0.1, -0.05) is 24.2 Å². The number of nitrogens with zero attached hydrogens (tertiary/aromatic N) is 3. The lowest BCUT2D eigenvalue weighted by molar-refractivity contribution is 0.446. The van der Waals surface area contributed by atoms with E-state index in [-0.39, 0.29) is 0 Å². The van der Waals surface area contributed by atoms with Crippen molar-refractivity contribution in [2.24, 2.45) is 5.92 Å². The smallest absolute Gasteiger partial charge is 0.126 e. The van der Waals surface area contributed by atoms with E-state index in [1.165, 1.54) is 0 Å². The van der Waals surface area contributed by atoms with Crippen molar-refractivity contribution in [3.8, 4) is 11.3 Å². The molecule has 6 heteroatoms. The van der Waals surface area contributed by atoms with Crippen molar-refractivity contribution in [3.05, 3.63) is 77.8 Å². The second kappa shape index (κ2) is 9.16. The molecule has 0 amide bonds. The Labute approximate surface area is 176 Å². The molecule has 1 aliphatic heterocycles. The van der Waals surface area contributed by atoms with Gasteiger partial charge >= 0.3 is 0 Å². The topological polar surface area (TPSA) is 62.7 Å². The van der Waals surface area contributed by atoms with Crippen LogP contribution in [0.15, 0.2) is 61.6 Å². The molecular formula is C23H24ClN5. The van der Waals surface area contributed by atoms with E-state index in [2.05, 4.69) is 27.2 Å². The molecule has 3 aromatic rings. The molecule has 0 saturated carbocycles. The zero-order valence-corrected chi connectivity index (χ0v) is 17.0. The van der Waals surface area contributed by atoms with Gasteiger partial charge in [0, 0.05) is 30.7 Å². The molecule has 1 fully saturated rings. The fourth-order valence-corrected chi connectivity index (χ4v) is 3.77. The van der Waals surface area contributed by atoms with Gasteiger partial charge in [-0.3, -0.25) is 9.97 Å². The number of pyridine rings is 3. The molecule has 5 nitrogen and oxygen atoms in total. The summed E-state index contributed by atoms with van der Waals surface area (Å²) in [6.45, 7) is 7.05. The molecule has 0 bridgehead atoms. The summed E-state index contributed by atoms with van der Waals surface area (Å²) in [5, 5.41) is 7.34. The molecule has 0 atom stereocenters. The molecule has 29 heavy (non-hydrogen) atoms. The molecule has 0 aliphatic carbocycles. The van der Waals surface area contributed by atoms with E-state index < -0.39 is 0 Å². The summed E-state index contributed by atoms with van der Waals surface area (Å²) in [5.74, 6) is 1.25. The second-order valence-corrected chi connectivity index (χ2v) is 7.62. The van der Waals surface area contributed by atoms with Gasteiger partial charge in [0.25, 0.3) is 0 Å². The molecule has 0 spiro atoms. The number of allylic oxidation sites excluding steroid dienone is 1. The predicted octanol–water partition coefficient (Wildman–Crippen LogP) is 4.82. The molecule has 2 N–H and O–H groups in total. The molecule has 0 radical (unpaired) electrons. The fourth-order valence-electron chi connectivity index (χ4n) is 3.57. The third kappa shape index (κ3) is 4.81. The van der Waals surface area contributed by atoms with Gasteiger partial charge in [0.05, 0.1) is 16.4 Å². The van der Waals surface area contributed by atoms with Crippen molar-refractivity contribution in [2.75, 3.05) is 18.4 Å². The highest BCUT2D eigenvalue weighted by Gasteiger charge is 2.19. The summed E-state index contributed by atoms with van der Waals surface area (Å²) in [7, 11) is 0. The van der Waals surface area contributed by atoms with Crippen LogP contribution in [0.3, 0.4) is 0 Å². The minimum Gasteiger partial charge on any atom is -0.366 e. The molecule has 0 unspecified atom stereocenters. The highest BCUT2D eigenvalue weighted by atomic mass is 35.5. The Bertz CT molecular complexity index is 984. The average Bonchev–Trinajstić information content (AvgIpc) is 2.79. The summed E-state index contributed by atoms with van der Waals surface area (Å²) in [4.78, 5) is 13.3. The van der Waals surface area contributed by atoms with E-state index in [4.69, 9.17) is 16.6 Å². The van der Waals surface area contributed by atoms with Crippen LogP contribution in [0, 0.1) is 5.92 Å². The van der Waals surface area contributed by atoms with Crippen LogP contribution in [-0.2, 0) is 6.54 Å². The maximum absolute atomic E-state index is 6.48. The van der Waals surface area contributed by atoms with E-state index in [1.807, 2.05) is 36.4 Å². The third-order valence-corrected chi connectivity index (χ3v) is 5.57. The number of hydrogen-bond acceptors (Lipinski definition) is 5. The van der Waals surface area contributed by atoms with Gasteiger partial charge in [-0.2, -0.15) is 0 Å². The van der Waals surface area contributed by atoms with Crippen LogP contribution in [0.4, 0.5) is 5.82 Å². The third-order valence-electron chi connectivity index (χ3n) is 5.26. The Morgan fingerprint density at radius 2 is 1.97 bits per heavy atom. The summed E-state index contributed by atoms with van der Waals surface area (Å²) < 4.78 is 0. The number of anilines is 1. The first-order chi connectivity index (χ1) is 14.2. The van der Waals surface area contributed by atoms with Crippen molar-refractivity contribution >= 4 is 23.0 Å². The van der Waals surface area contributed by atoms with Gasteiger partial charge in [-0.15, -0.1) is 0 Å². The highest BCUT2D eigenvalue weighted by molar-refractivity contribution is 6.33. The molecule has 1 saturated heterocycles. The molecule has 3 aromatic heterocycles. The van der Waals surface area contributed by atoms with Gasteiger partial charge < -0.3 is 10.6 Å². The van der Waals surface area contributed by atoms with Crippen LogP contribution in [0.25, 0.3) is 16.8 Å². The number of piperidine rings is 1. The highest BCUT2D eigenvalue weighted by Crippen LogP contribution is 2.33. The zero-order chi connectivity index (χ0) is 20.1. The maximum Gasteiger partial charge on any atom is 0.126 e. The molecule has 1 aliphatic rings. The summed E-state index contributed by atoms with van der Waals surface area (Å²) in [5.41, 5.74) is 4.81. The summed E-state index contributed by atoms with van der Waals surface area (Å²) >= 11 is 6.48. The molecule has 4 heterocycles. The number of aromatic nitrogens is 3. The largest absolute Gasteiger partial charge is 0.366 e. The lowest BCUT2D eigenvalue weighted by Gasteiger charge is -2.24. The van der Waals surface area contributed by atoms with Crippen molar-refractivity contribution < 1.29 is 0 Å². The zero-order valence-electron chi connectivity index (χ0n) is 16.2. The summed E-state index contributed by atoms with van der Waals surface area (Å²) in [6, 6.07) is 11.9. The Balaban J connectivity index is 1.55. The van der Waals surface area contributed by atoms with Crippen molar-refractivity contribution in [1.82, 2.24) is 20.3 Å². The first-order valence-electron chi connectivity index (χ1n) is 9.86. The quantitative estimate of drug-likeness (QED) is 0.615. The van der Waals surface area contributed by atoms with Crippen LogP contribution >= 0.6 is 11.6 Å². The van der Waals surface area contributed by atoms with E-state index in [9.17, 15) is 0 Å². The first-order valence-corrected chi connectivity index (χ1v) is 10.2. The Kier molecular flexibility index (Phi) is 6.17. The van der Waals surface area contributed by atoms with Crippen molar-refractivity contribution in [3.63, 3.8) is 0 Å². The summed E-state index contributed by atoms with van der Waals surface area (Å²) in [6.07, 6.45) is 7.45. The van der Waals surface area contributed by atoms with Crippen molar-refractivity contribution in [2.45, 2.75) is 19.4 Å². The molecular weight excluding hydrogens is 382 g/mol. The first kappa shape index (κ1) is 19.6. The van der Waals surface area contributed by atoms with Gasteiger partial charge in [0.1, 0.15) is 5.82 Å². The van der Waals surface area contributed by atoms with Crippen molar-refractivity contribution in [1.29, 1.82) is 0 Å². The fraction of sp³-hybridized carbons (Fsp3) is 0.261. The van der Waals surface area contributed by atoms with Crippen LogP contribution in [0.5, 0.6) is 0 Å². The van der Waals surface area contributed by atoms with Gasteiger partial charge in [0.2, 0.25) is 0 Å². The van der Waals surface area contributed by atoms with E-state index in [0.29, 0.717) is 17.5 Å².